The van der Waals surface area contributed by atoms with Gasteiger partial charge in [-0.2, -0.15) is 0 Å². The van der Waals surface area contributed by atoms with Gasteiger partial charge in [-0.05, 0) is 18.8 Å². The van der Waals surface area contributed by atoms with Crippen molar-refractivity contribution in [3.05, 3.63) is 0 Å². The summed E-state index contributed by atoms with van der Waals surface area (Å²) in [7, 11) is 0. The lowest BCUT2D eigenvalue weighted by atomic mass is 9.85. The Bertz CT molecular complexity index is 245. The van der Waals surface area contributed by atoms with E-state index in [0.717, 1.165) is 25.9 Å². The van der Waals surface area contributed by atoms with Crippen LogP contribution in [0.3, 0.4) is 0 Å². The second-order valence-electron chi connectivity index (χ2n) is 5.01. The number of carbonyl (C=O) groups is 1. The van der Waals surface area contributed by atoms with E-state index in [0.29, 0.717) is 6.54 Å². The van der Waals surface area contributed by atoms with Crippen LogP contribution in [-0.4, -0.2) is 46.3 Å². The van der Waals surface area contributed by atoms with Gasteiger partial charge < -0.3 is 10.2 Å². The highest BCUT2D eigenvalue weighted by molar-refractivity contribution is 5.70. The molecule has 1 unspecified atom stereocenters. The number of hydrogen-bond donors (Lipinski definition) is 2. The van der Waals surface area contributed by atoms with Gasteiger partial charge in [0.15, 0.2) is 0 Å². The lowest BCUT2D eigenvalue weighted by Gasteiger charge is -2.44. The van der Waals surface area contributed by atoms with Crippen LogP contribution < -0.4 is 0 Å². The molecule has 1 fully saturated rings. The molecule has 94 valence electrons. The highest BCUT2D eigenvalue weighted by atomic mass is 16.4. The molecule has 1 heterocycles. The molecule has 2 N–H and O–H groups in total. The van der Waals surface area contributed by atoms with Gasteiger partial charge in [0.25, 0.3) is 0 Å². The molecule has 0 aliphatic carbocycles. The second-order valence-corrected chi connectivity index (χ2v) is 5.01. The Morgan fingerprint density at radius 2 is 1.94 bits per heavy atom. The number of aliphatic hydroxyl groups is 1. The molecule has 4 heteroatoms. The first-order chi connectivity index (χ1) is 7.41. The summed E-state index contributed by atoms with van der Waals surface area (Å²) in [6, 6.07) is 0. The molecule has 0 saturated carbocycles. The third-order valence-electron chi connectivity index (χ3n) is 3.92. The number of hydrogen-bond acceptors (Lipinski definition) is 3. The summed E-state index contributed by atoms with van der Waals surface area (Å²) >= 11 is 0. The van der Waals surface area contributed by atoms with Crippen molar-refractivity contribution >= 4 is 5.97 Å². The molecule has 1 rings (SSSR count). The van der Waals surface area contributed by atoms with Crippen LogP contribution >= 0.6 is 0 Å². The van der Waals surface area contributed by atoms with Gasteiger partial charge in [-0.25, -0.2) is 0 Å². The maximum atomic E-state index is 10.8. The zero-order chi connectivity index (χ0) is 12.3. The largest absolute Gasteiger partial charge is 0.481 e. The molecule has 0 amide bonds. The van der Waals surface area contributed by atoms with Crippen LogP contribution in [-0.2, 0) is 4.79 Å². The Balaban J connectivity index is 2.34. The van der Waals surface area contributed by atoms with E-state index in [1.165, 1.54) is 0 Å². The first-order valence-electron chi connectivity index (χ1n) is 6.09. The molecule has 1 atom stereocenters. The Hall–Kier alpha value is -0.610. The van der Waals surface area contributed by atoms with Gasteiger partial charge in [-0.15, -0.1) is 0 Å². The van der Waals surface area contributed by atoms with Gasteiger partial charge in [0.2, 0.25) is 0 Å². The van der Waals surface area contributed by atoms with Crippen molar-refractivity contribution in [1.29, 1.82) is 0 Å². The van der Waals surface area contributed by atoms with Crippen molar-refractivity contribution in [2.24, 2.45) is 11.8 Å². The average Bonchev–Trinajstić information content (AvgIpc) is 2.21. The molecule has 4 nitrogen and oxygen atoms in total. The molecule has 0 spiro atoms. The molecule has 1 saturated heterocycles. The first-order valence-corrected chi connectivity index (χ1v) is 6.09. The van der Waals surface area contributed by atoms with E-state index in [-0.39, 0.29) is 11.8 Å². The molecule has 0 aromatic carbocycles. The van der Waals surface area contributed by atoms with Crippen LogP contribution in [0.1, 0.15) is 33.6 Å². The standard InChI is InChI=1S/C12H23NO3/c1-4-12(16,5-2)8-13-6-10(7-13)9(3)11(14)15/h9-10,16H,4-8H2,1-3H3,(H,14,15). The van der Waals surface area contributed by atoms with Crippen molar-refractivity contribution in [3.8, 4) is 0 Å². The zero-order valence-corrected chi connectivity index (χ0v) is 10.4. The number of aliphatic carboxylic acids is 1. The number of rotatable bonds is 6. The zero-order valence-electron chi connectivity index (χ0n) is 10.4. The molecular formula is C12H23NO3. The van der Waals surface area contributed by atoms with Crippen LogP contribution in [0.4, 0.5) is 0 Å². The predicted octanol–water partition coefficient (Wildman–Crippen LogP) is 1.19. The Labute approximate surface area is 97.3 Å². The van der Waals surface area contributed by atoms with E-state index in [1.54, 1.807) is 6.92 Å². The third kappa shape index (κ3) is 2.95. The Morgan fingerprint density at radius 1 is 1.44 bits per heavy atom. The van der Waals surface area contributed by atoms with Crippen molar-refractivity contribution in [1.82, 2.24) is 4.90 Å². The average molecular weight is 229 g/mol. The summed E-state index contributed by atoms with van der Waals surface area (Å²) in [5, 5.41) is 19.0. The molecule has 1 aliphatic rings. The number of likely N-dealkylation sites (tertiary alicyclic amines) is 1. The van der Waals surface area contributed by atoms with E-state index in [4.69, 9.17) is 5.11 Å². The number of carboxylic acids is 1. The summed E-state index contributed by atoms with van der Waals surface area (Å²) in [5.41, 5.74) is -0.600. The number of carboxylic acid groups (broad SMARTS) is 1. The minimum atomic E-state index is -0.717. The third-order valence-corrected chi connectivity index (χ3v) is 3.92. The smallest absolute Gasteiger partial charge is 0.306 e. The van der Waals surface area contributed by atoms with Crippen molar-refractivity contribution in [2.45, 2.75) is 39.2 Å². The predicted molar refractivity (Wildman–Crippen MR) is 62.3 cm³/mol. The minimum Gasteiger partial charge on any atom is -0.481 e. The fourth-order valence-electron chi connectivity index (χ4n) is 2.15. The van der Waals surface area contributed by atoms with E-state index in [2.05, 4.69) is 4.90 Å². The molecular weight excluding hydrogens is 206 g/mol. The highest BCUT2D eigenvalue weighted by Crippen LogP contribution is 2.27. The van der Waals surface area contributed by atoms with Gasteiger partial charge >= 0.3 is 5.97 Å². The molecule has 16 heavy (non-hydrogen) atoms. The van der Waals surface area contributed by atoms with Gasteiger partial charge in [-0.1, -0.05) is 20.8 Å². The first kappa shape index (κ1) is 13.5. The minimum absolute atomic E-state index is 0.246. The normalized spacial score (nSPS) is 20.5. The SMILES string of the molecule is CCC(O)(CC)CN1CC(C(C)C(=O)O)C1. The van der Waals surface area contributed by atoms with E-state index in [1.807, 2.05) is 13.8 Å². The van der Waals surface area contributed by atoms with Crippen LogP contribution in [0.5, 0.6) is 0 Å². The Kier molecular flexibility index (Phi) is 4.33. The fraction of sp³-hybridized carbons (Fsp3) is 0.917. The van der Waals surface area contributed by atoms with Gasteiger partial charge in [0, 0.05) is 19.6 Å². The van der Waals surface area contributed by atoms with Crippen molar-refractivity contribution in [2.75, 3.05) is 19.6 Å². The van der Waals surface area contributed by atoms with Gasteiger partial charge in [-0.3, -0.25) is 9.69 Å². The summed E-state index contributed by atoms with van der Waals surface area (Å²) in [4.78, 5) is 12.9. The lowest BCUT2D eigenvalue weighted by Crippen LogP contribution is -2.56. The van der Waals surface area contributed by atoms with Crippen LogP contribution in [0.15, 0.2) is 0 Å². The fourth-order valence-corrected chi connectivity index (χ4v) is 2.15. The molecule has 0 aromatic rings. The molecule has 1 aliphatic heterocycles. The van der Waals surface area contributed by atoms with Gasteiger partial charge in [0.1, 0.15) is 0 Å². The van der Waals surface area contributed by atoms with E-state index >= 15 is 0 Å². The second kappa shape index (κ2) is 5.15. The lowest BCUT2D eigenvalue weighted by molar-refractivity contribution is -0.146. The summed E-state index contributed by atoms with van der Waals surface area (Å²) in [6.45, 7) is 8.01. The van der Waals surface area contributed by atoms with Crippen LogP contribution in [0.2, 0.25) is 0 Å². The van der Waals surface area contributed by atoms with E-state index in [9.17, 15) is 9.90 Å². The summed E-state index contributed by atoms with van der Waals surface area (Å²) < 4.78 is 0. The number of β-amino-alcohol motifs (C(OH)–C–C–N with tert-alkyl or cyclic N) is 1. The van der Waals surface area contributed by atoms with Crippen LogP contribution in [0.25, 0.3) is 0 Å². The van der Waals surface area contributed by atoms with Gasteiger partial charge in [0.05, 0.1) is 11.5 Å². The summed E-state index contributed by atoms with van der Waals surface area (Å²) in [5.74, 6) is -0.742. The highest BCUT2D eigenvalue weighted by Gasteiger charge is 2.37. The summed E-state index contributed by atoms with van der Waals surface area (Å²) in [6.07, 6.45) is 1.50. The topological polar surface area (TPSA) is 60.8 Å². The molecule has 0 radical (unpaired) electrons. The maximum Gasteiger partial charge on any atom is 0.306 e. The monoisotopic (exact) mass is 229 g/mol. The van der Waals surface area contributed by atoms with E-state index < -0.39 is 11.6 Å². The van der Waals surface area contributed by atoms with Crippen LogP contribution in [0, 0.1) is 11.8 Å². The number of nitrogens with zero attached hydrogens (tertiary/aromatic N) is 1. The molecule has 0 bridgehead atoms. The van der Waals surface area contributed by atoms with Crippen molar-refractivity contribution < 1.29 is 15.0 Å². The van der Waals surface area contributed by atoms with Crippen molar-refractivity contribution in [3.63, 3.8) is 0 Å². The maximum absolute atomic E-state index is 10.8. The molecule has 0 aromatic heterocycles. The Morgan fingerprint density at radius 3 is 2.31 bits per heavy atom. The quantitative estimate of drug-likeness (QED) is 0.718.